The van der Waals surface area contributed by atoms with Gasteiger partial charge in [-0.3, -0.25) is 14.5 Å². The van der Waals surface area contributed by atoms with E-state index in [1.54, 1.807) is 24.3 Å². The van der Waals surface area contributed by atoms with Crippen molar-refractivity contribution in [1.82, 2.24) is 9.80 Å². The Kier molecular flexibility index (Phi) is 11.5. The van der Waals surface area contributed by atoms with Crippen LogP contribution in [-0.4, -0.2) is 58.1 Å². The lowest BCUT2D eigenvalue weighted by Crippen LogP contribution is -2.48. The Balaban J connectivity index is 1.22. The number of hydrogen-bond acceptors (Lipinski definition) is 6. The molecule has 6 rings (SSSR count). The van der Waals surface area contributed by atoms with Gasteiger partial charge in [-0.1, -0.05) is 104 Å². The molecule has 0 aliphatic carbocycles. The zero-order valence-electron chi connectivity index (χ0n) is 28.3. The van der Waals surface area contributed by atoms with Gasteiger partial charge in [0.2, 0.25) is 5.91 Å². The molecule has 0 saturated carbocycles. The lowest BCUT2D eigenvalue weighted by atomic mass is 9.89. The number of nitrogens with one attached hydrogen (secondary N) is 1. The number of alkyl halides is 3. The van der Waals surface area contributed by atoms with Crippen LogP contribution in [0, 0.1) is 5.92 Å². The van der Waals surface area contributed by atoms with Crippen LogP contribution in [-0.2, 0) is 38.8 Å². The third kappa shape index (κ3) is 9.04. The SMILES string of the molecule is C[C@@H]1[C@H](CN(Cc2ccccc2)Cc2ccccc2)O[C@H](c2ccc(NC(=O)[C@@H]3CCCN3C(=O)C(F)(F)F)cc2)O[C@@H]1c1ccc(CO)cc1. The molecule has 4 aromatic rings. The third-order valence-corrected chi connectivity index (χ3v) is 9.57. The van der Waals surface area contributed by atoms with Crippen molar-refractivity contribution >= 4 is 17.5 Å². The van der Waals surface area contributed by atoms with Gasteiger partial charge in [-0.2, -0.15) is 13.2 Å². The van der Waals surface area contributed by atoms with Crippen LogP contribution in [0.2, 0.25) is 0 Å². The quantitative estimate of drug-likeness (QED) is 0.173. The predicted molar refractivity (Wildman–Crippen MR) is 186 cm³/mol. The first-order chi connectivity index (χ1) is 24.6. The second-order valence-electron chi connectivity index (χ2n) is 13.2. The fraction of sp³-hybridized carbons (Fsp3) is 0.350. The van der Waals surface area contributed by atoms with Crippen molar-refractivity contribution < 1.29 is 37.3 Å². The van der Waals surface area contributed by atoms with Gasteiger partial charge in [-0.15, -0.1) is 0 Å². The van der Waals surface area contributed by atoms with Gasteiger partial charge in [0, 0.05) is 43.3 Å². The monoisotopic (exact) mass is 701 g/mol. The molecule has 2 fully saturated rings. The fourth-order valence-corrected chi connectivity index (χ4v) is 6.85. The number of likely N-dealkylation sites (tertiary alicyclic amines) is 1. The molecular weight excluding hydrogens is 659 g/mol. The molecule has 51 heavy (non-hydrogen) atoms. The number of aliphatic hydroxyl groups is 1. The average Bonchev–Trinajstić information content (AvgIpc) is 3.63. The first-order valence-electron chi connectivity index (χ1n) is 17.2. The smallest absolute Gasteiger partial charge is 0.392 e. The Morgan fingerprint density at radius 2 is 1.41 bits per heavy atom. The van der Waals surface area contributed by atoms with E-state index in [9.17, 15) is 27.9 Å². The second kappa shape index (κ2) is 16.2. The van der Waals surface area contributed by atoms with E-state index >= 15 is 0 Å². The summed E-state index contributed by atoms with van der Waals surface area (Å²) in [4.78, 5) is 27.9. The van der Waals surface area contributed by atoms with E-state index in [0.29, 0.717) is 42.2 Å². The summed E-state index contributed by atoms with van der Waals surface area (Å²) < 4.78 is 52.7. The molecule has 2 aliphatic rings. The zero-order chi connectivity index (χ0) is 36.0. The molecule has 0 unspecified atom stereocenters. The van der Waals surface area contributed by atoms with Gasteiger partial charge in [0.15, 0.2) is 6.29 Å². The van der Waals surface area contributed by atoms with Crippen LogP contribution in [0.25, 0.3) is 0 Å². The van der Waals surface area contributed by atoms with Crippen LogP contribution in [0.15, 0.2) is 109 Å². The summed E-state index contributed by atoms with van der Waals surface area (Å²) in [6.45, 7) is 3.96. The normalized spacial score (nSPS) is 22.2. The Bertz CT molecular complexity index is 1700. The molecule has 0 aromatic heterocycles. The summed E-state index contributed by atoms with van der Waals surface area (Å²) in [5, 5.41) is 12.3. The lowest BCUT2D eigenvalue weighted by molar-refractivity contribution is -0.276. The van der Waals surface area contributed by atoms with Crippen molar-refractivity contribution in [3.05, 3.63) is 137 Å². The molecule has 11 heteroatoms. The van der Waals surface area contributed by atoms with Crippen molar-refractivity contribution in [3.63, 3.8) is 0 Å². The molecule has 0 radical (unpaired) electrons. The van der Waals surface area contributed by atoms with E-state index in [0.717, 1.165) is 11.1 Å². The standard InChI is InChI=1S/C40H42F3N3O5/c1-27-35(25-45(23-28-9-4-2-5-10-28)24-29-11-6-3-7-12-29)50-38(51-36(27)31-16-14-30(26-47)15-17-31)32-18-20-33(21-19-32)44-37(48)34-13-8-22-46(34)39(49)40(41,42)43/h2-7,9-12,14-21,27,34-36,38,47H,8,13,22-26H2,1H3,(H,44,48)/t27-,34+,35+,36+,38+/m1/s1. The van der Waals surface area contributed by atoms with Crippen LogP contribution in [0.4, 0.5) is 18.9 Å². The number of rotatable bonds is 11. The van der Waals surface area contributed by atoms with Gasteiger partial charge < -0.3 is 24.8 Å². The highest BCUT2D eigenvalue weighted by Gasteiger charge is 2.47. The highest BCUT2D eigenvalue weighted by Crippen LogP contribution is 2.42. The number of ether oxygens (including phenoxy) is 2. The number of aliphatic hydroxyl groups excluding tert-OH is 1. The van der Waals surface area contributed by atoms with Crippen LogP contribution < -0.4 is 5.32 Å². The van der Waals surface area contributed by atoms with E-state index < -0.39 is 30.3 Å². The second-order valence-corrected chi connectivity index (χ2v) is 13.2. The zero-order valence-corrected chi connectivity index (χ0v) is 28.3. The van der Waals surface area contributed by atoms with Crippen molar-refractivity contribution in [2.24, 2.45) is 5.92 Å². The Morgan fingerprint density at radius 3 is 1.98 bits per heavy atom. The molecular formula is C40H42F3N3O5. The number of hydrogen-bond donors (Lipinski definition) is 2. The molecule has 268 valence electrons. The summed E-state index contributed by atoms with van der Waals surface area (Å²) in [5.41, 5.74) is 5.20. The molecule has 4 aromatic carbocycles. The molecule has 8 nitrogen and oxygen atoms in total. The van der Waals surface area contributed by atoms with E-state index in [1.807, 2.05) is 60.7 Å². The summed E-state index contributed by atoms with van der Waals surface area (Å²) in [6, 6.07) is 33.9. The summed E-state index contributed by atoms with van der Waals surface area (Å²) >= 11 is 0. The first kappa shape index (κ1) is 36.2. The minimum absolute atomic E-state index is 0.0531. The number of benzene rings is 4. The van der Waals surface area contributed by atoms with E-state index in [4.69, 9.17) is 9.47 Å². The lowest BCUT2D eigenvalue weighted by Gasteiger charge is -2.43. The number of anilines is 1. The third-order valence-electron chi connectivity index (χ3n) is 9.57. The maximum Gasteiger partial charge on any atom is 0.471 e. The maximum atomic E-state index is 13.1. The number of amides is 2. The Morgan fingerprint density at radius 1 is 0.824 bits per heavy atom. The van der Waals surface area contributed by atoms with E-state index in [1.165, 1.54) is 11.1 Å². The average molecular weight is 702 g/mol. The number of carbonyl (C=O) groups is 2. The van der Waals surface area contributed by atoms with Gasteiger partial charge in [0.05, 0.1) is 18.8 Å². The van der Waals surface area contributed by atoms with Gasteiger partial charge in [-0.25, -0.2) is 0 Å². The Hall–Kier alpha value is -4.55. The van der Waals surface area contributed by atoms with Crippen molar-refractivity contribution in [2.45, 2.75) is 70.2 Å². The van der Waals surface area contributed by atoms with Gasteiger partial charge >= 0.3 is 12.1 Å². The topological polar surface area (TPSA) is 91.3 Å². The van der Waals surface area contributed by atoms with Gasteiger partial charge in [-0.05, 0) is 47.2 Å². The number of carbonyl (C=O) groups excluding carboxylic acids is 2. The van der Waals surface area contributed by atoms with Crippen LogP contribution in [0.3, 0.4) is 0 Å². The van der Waals surface area contributed by atoms with Crippen LogP contribution >= 0.6 is 0 Å². The van der Waals surface area contributed by atoms with Crippen LogP contribution in [0.1, 0.15) is 60.0 Å². The molecule has 0 bridgehead atoms. The molecule has 2 amide bonds. The van der Waals surface area contributed by atoms with Gasteiger partial charge in [0.25, 0.3) is 0 Å². The van der Waals surface area contributed by atoms with E-state index in [2.05, 4.69) is 41.4 Å². The molecule has 2 heterocycles. The largest absolute Gasteiger partial charge is 0.471 e. The summed E-state index contributed by atoms with van der Waals surface area (Å²) in [6.07, 6.45) is -5.93. The van der Waals surface area contributed by atoms with Crippen molar-refractivity contribution in [1.29, 1.82) is 0 Å². The minimum Gasteiger partial charge on any atom is -0.392 e. The molecule has 2 saturated heterocycles. The van der Waals surface area contributed by atoms with Gasteiger partial charge in [0.1, 0.15) is 6.04 Å². The van der Waals surface area contributed by atoms with E-state index in [-0.39, 0.29) is 37.7 Å². The highest BCUT2D eigenvalue weighted by molar-refractivity contribution is 5.98. The number of halogens is 3. The number of nitrogens with zero attached hydrogens (tertiary/aromatic N) is 2. The van der Waals surface area contributed by atoms with Crippen molar-refractivity contribution in [3.8, 4) is 0 Å². The molecule has 5 atom stereocenters. The highest BCUT2D eigenvalue weighted by atomic mass is 19.4. The molecule has 2 aliphatic heterocycles. The molecule has 0 spiro atoms. The minimum atomic E-state index is -5.04. The fourth-order valence-electron chi connectivity index (χ4n) is 6.85. The predicted octanol–water partition coefficient (Wildman–Crippen LogP) is 7.16. The summed E-state index contributed by atoms with van der Waals surface area (Å²) in [7, 11) is 0. The summed E-state index contributed by atoms with van der Waals surface area (Å²) in [5.74, 6) is -2.72. The molecule has 2 N–H and O–H groups in total. The van der Waals surface area contributed by atoms with Crippen molar-refractivity contribution in [2.75, 3.05) is 18.4 Å². The first-order valence-corrected chi connectivity index (χ1v) is 17.2. The van der Waals surface area contributed by atoms with Crippen LogP contribution in [0.5, 0.6) is 0 Å². The Labute approximate surface area is 295 Å². The maximum absolute atomic E-state index is 13.1.